The third kappa shape index (κ3) is 4.96. The molecule has 15 heavy (non-hydrogen) atoms. The Morgan fingerprint density at radius 1 is 1.33 bits per heavy atom. The van der Waals surface area contributed by atoms with Crippen molar-refractivity contribution in [2.24, 2.45) is 11.3 Å². The molecule has 1 atom stereocenters. The Morgan fingerprint density at radius 2 is 2.07 bits per heavy atom. The summed E-state index contributed by atoms with van der Waals surface area (Å²) in [5.41, 5.74) is 0.579. The molecule has 2 N–H and O–H groups in total. The molecule has 1 fully saturated rings. The van der Waals surface area contributed by atoms with E-state index in [1.165, 1.54) is 25.8 Å². The van der Waals surface area contributed by atoms with Crippen molar-refractivity contribution in [3.05, 3.63) is 0 Å². The van der Waals surface area contributed by atoms with E-state index in [1.807, 2.05) is 7.05 Å². The van der Waals surface area contributed by atoms with Crippen LogP contribution >= 0.6 is 0 Å². The molecule has 0 bridgehead atoms. The molecule has 1 aliphatic rings. The van der Waals surface area contributed by atoms with Crippen LogP contribution in [0, 0.1) is 11.3 Å². The highest BCUT2D eigenvalue weighted by Crippen LogP contribution is 2.48. The summed E-state index contributed by atoms with van der Waals surface area (Å²) in [5, 5.41) is 6.79. The van der Waals surface area contributed by atoms with Gasteiger partial charge >= 0.3 is 0 Å². The van der Waals surface area contributed by atoms with Gasteiger partial charge in [-0.05, 0) is 50.7 Å². The predicted octanol–water partition coefficient (Wildman–Crippen LogP) is 1.25. The molecule has 0 aromatic rings. The molecule has 90 valence electrons. The first-order valence-electron chi connectivity index (χ1n) is 6.07. The summed E-state index contributed by atoms with van der Waals surface area (Å²) in [4.78, 5) is 0. The van der Waals surface area contributed by atoms with Crippen molar-refractivity contribution >= 4 is 0 Å². The van der Waals surface area contributed by atoms with Crippen LogP contribution in [-0.2, 0) is 4.74 Å². The highest BCUT2D eigenvalue weighted by Gasteiger charge is 2.41. The summed E-state index contributed by atoms with van der Waals surface area (Å²) < 4.78 is 5.15. The molecule has 0 amide bonds. The van der Waals surface area contributed by atoms with Crippen LogP contribution in [0.1, 0.15) is 26.2 Å². The SMILES string of the molecule is CNCC(C)CNCC1(CCOC)CC1. The molecular weight excluding hydrogens is 188 g/mol. The van der Waals surface area contributed by atoms with Gasteiger partial charge in [0.25, 0.3) is 0 Å². The summed E-state index contributed by atoms with van der Waals surface area (Å²) in [6, 6.07) is 0. The van der Waals surface area contributed by atoms with E-state index in [-0.39, 0.29) is 0 Å². The van der Waals surface area contributed by atoms with E-state index in [1.54, 1.807) is 7.11 Å². The first-order chi connectivity index (χ1) is 7.22. The fourth-order valence-corrected chi connectivity index (χ4v) is 2.01. The van der Waals surface area contributed by atoms with Gasteiger partial charge in [-0.2, -0.15) is 0 Å². The van der Waals surface area contributed by atoms with Gasteiger partial charge in [0.1, 0.15) is 0 Å². The van der Waals surface area contributed by atoms with Crippen LogP contribution in [0.3, 0.4) is 0 Å². The van der Waals surface area contributed by atoms with Crippen LogP contribution in [0.4, 0.5) is 0 Å². The smallest absolute Gasteiger partial charge is 0.0468 e. The summed E-state index contributed by atoms with van der Waals surface area (Å²) in [5.74, 6) is 0.716. The topological polar surface area (TPSA) is 33.3 Å². The number of hydrogen-bond donors (Lipinski definition) is 2. The Bertz CT molecular complexity index is 169. The minimum absolute atomic E-state index is 0.579. The largest absolute Gasteiger partial charge is 0.385 e. The second-order valence-corrected chi connectivity index (χ2v) is 5.04. The fourth-order valence-electron chi connectivity index (χ4n) is 2.01. The number of ether oxygens (including phenoxy) is 1. The van der Waals surface area contributed by atoms with Crippen molar-refractivity contribution < 1.29 is 4.74 Å². The number of nitrogens with one attached hydrogen (secondary N) is 2. The zero-order chi connectivity index (χ0) is 11.1. The van der Waals surface area contributed by atoms with Crippen molar-refractivity contribution in [2.45, 2.75) is 26.2 Å². The summed E-state index contributed by atoms with van der Waals surface area (Å²) in [7, 11) is 3.80. The van der Waals surface area contributed by atoms with Crippen LogP contribution in [0.5, 0.6) is 0 Å². The normalized spacial score (nSPS) is 20.2. The number of hydrogen-bond acceptors (Lipinski definition) is 3. The standard InChI is InChI=1S/C12H26N2O/c1-11(8-13-2)9-14-10-12(4-5-12)6-7-15-3/h11,13-14H,4-10H2,1-3H3. The van der Waals surface area contributed by atoms with E-state index in [2.05, 4.69) is 17.6 Å². The van der Waals surface area contributed by atoms with Gasteiger partial charge in [0, 0.05) is 20.3 Å². The molecular formula is C12H26N2O. The summed E-state index contributed by atoms with van der Waals surface area (Å²) >= 11 is 0. The lowest BCUT2D eigenvalue weighted by Gasteiger charge is -2.17. The Morgan fingerprint density at radius 3 is 2.60 bits per heavy atom. The molecule has 0 saturated heterocycles. The fraction of sp³-hybridized carbons (Fsp3) is 1.00. The third-order valence-electron chi connectivity index (χ3n) is 3.34. The molecule has 0 radical (unpaired) electrons. The monoisotopic (exact) mass is 214 g/mol. The van der Waals surface area contributed by atoms with Crippen molar-refractivity contribution in [3.63, 3.8) is 0 Å². The Kier molecular flexibility index (Phi) is 5.58. The minimum Gasteiger partial charge on any atom is -0.385 e. The number of methoxy groups -OCH3 is 1. The zero-order valence-electron chi connectivity index (χ0n) is 10.4. The van der Waals surface area contributed by atoms with Crippen molar-refractivity contribution in [3.8, 4) is 0 Å². The second-order valence-electron chi connectivity index (χ2n) is 5.04. The predicted molar refractivity (Wildman–Crippen MR) is 64.1 cm³/mol. The van der Waals surface area contributed by atoms with Gasteiger partial charge in [-0.3, -0.25) is 0 Å². The third-order valence-corrected chi connectivity index (χ3v) is 3.34. The average Bonchev–Trinajstić information content (AvgIpc) is 2.96. The zero-order valence-corrected chi connectivity index (χ0v) is 10.4. The van der Waals surface area contributed by atoms with Gasteiger partial charge in [-0.15, -0.1) is 0 Å². The van der Waals surface area contributed by atoms with E-state index in [0.29, 0.717) is 11.3 Å². The first-order valence-corrected chi connectivity index (χ1v) is 6.07. The van der Waals surface area contributed by atoms with E-state index in [9.17, 15) is 0 Å². The summed E-state index contributed by atoms with van der Waals surface area (Å²) in [6.07, 6.45) is 3.98. The molecule has 0 heterocycles. The maximum absolute atomic E-state index is 5.15. The van der Waals surface area contributed by atoms with E-state index >= 15 is 0 Å². The van der Waals surface area contributed by atoms with Crippen LogP contribution in [-0.4, -0.2) is 40.4 Å². The maximum Gasteiger partial charge on any atom is 0.0468 e. The van der Waals surface area contributed by atoms with Gasteiger partial charge < -0.3 is 15.4 Å². The average molecular weight is 214 g/mol. The van der Waals surface area contributed by atoms with Crippen molar-refractivity contribution in [1.82, 2.24) is 10.6 Å². The Hall–Kier alpha value is -0.120. The van der Waals surface area contributed by atoms with Crippen LogP contribution in [0.25, 0.3) is 0 Å². The van der Waals surface area contributed by atoms with Gasteiger partial charge in [-0.1, -0.05) is 6.92 Å². The summed E-state index contributed by atoms with van der Waals surface area (Å²) in [6.45, 7) is 6.57. The molecule has 1 saturated carbocycles. The minimum atomic E-state index is 0.579. The van der Waals surface area contributed by atoms with E-state index < -0.39 is 0 Å². The molecule has 0 aliphatic heterocycles. The Labute approximate surface area is 94.0 Å². The molecule has 0 aromatic carbocycles. The molecule has 1 aliphatic carbocycles. The van der Waals surface area contributed by atoms with Gasteiger partial charge in [0.05, 0.1) is 0 Å². The van der Waals surface area contributed by atoms with Gasteiger partial charge in [0.2, 0.25) is 0 Å². The lowest BCUT2D eigenvalue weighted by molar-refractivity contribution is 0.171. The highest BCUT2D eigenvalue weighted by atomic mass is 16.5. The van der Waals surface area contributed by atoms with Crippen molar-refractivity contribution in [2.75, 3.05) is 40.4 Å². The quantitative estimate of drug-likeness (QED) is 0.606. The molecule has 0 spiro atoms. The van der Waals surface area contributed by atoms with Crippen LogP contribution < -0.4 is 10.6 Å². The second kappa shape index (κ2) is 6.46. The van der Waals surface area contributed by atoms with Gasteiger partial charge in [0.15, 0.2) is 0 Å². The molecule has 1 unspecified atom stereocenters. The van der Waals surface area contributed by atoms with Crippen LogP contribution in [0.15, 0.2) is 0 Å². The highest BCUT2D eigenvalue weighted by molar-refractivity contribution is 4.94. The molecule has 0 aromatic heterocycles. The lowest BCUT2D eigenvalue weighted by atomic mass is 10.0. The number of rotatable bonds is 9. The maximum atomic E-state index is 5.15. The molecule has 1 rings (SSSR count). The Balaban J connectivity index is 2.04. The first kappa shape index (κ1) is 12.9. The van der Waals surface area contributed by atoms with Crippen molar-refractivity contribution in [1.29, 1.82) is 0 Å². The van der Waals surface area contributed by atoms with Gasteiger partial charge in [-0.25, -0.2) is 0 Å². The molecule has 3 nitrogen and oxygen atoms in total. The van der Waals surface area contributed by atoms with Crippen LogP contribution in [0.2, 0.25) is 0 Å². The van der Waals surface area contributed by atoms with E-state index in [4.69, 9.17) is 4.74 Å². The lowest BCUT2D eigenvalue weighted by Crippen LogP contribution is -2.32. The van der Waals surface area contributed by atoms with E-state index in [0.717, 1.165) is 19.7 Å². The molecule has 3 heteroatoms.